The molecule has 35 heavy (non-hydrogen) atoms. The number of ether oxygens (including phenoxy) is 1. The van der Waals surface area contributed by atoms with Crippen LogP contribution in [0.3, 0.4) is 0 Å². The minimum atomic E-state index is -0.202. The third-order valence-electron chi connectivity index (χ3n) is 5.93. The Kier molecular flexibility index (Phi) is 6.29. The molecule has 2 aromatic heterocycles. The molecule has 0 N–H and O–H groups in total. The number of hydrogen-bond acceptors (Lipinski definition) is 5. The lowest BCUT2D eigenvalue weighted by molar-refractivity contribution is 0.0532. The van der Waals surface area contributed by atoms with Crippen LogP contribution in [0.15, 0.2) is 77.4 Å². The maximum atomic E-state index is 13.3. The second-order valence-corrected chi connectivity index (χ2v) is 8.54. The summed E-state index contributed by atoms with van der Waals surface area (Å²) in [5.41, 5.74) is 2.22. The number of furan rings is 1. The third kappa shape index (κ3) is 4.65. The maximum absolute atomic E-state index is 13.3. The van der Waals surface area contributed by atoms with Crippen LogP contribution < -0.4 is 4.74 Å². The van der Waals surface area contributed by atoms with E-state index in [1.165, 1.54) is 0 Å². The summed E-state index contributed by atoms with van der Waals surface area (Å²) < 4.78 is 12.5. The summed E-state index contributed by atoms with van der Waals surface area (Å²) in [7, 11) is 1.57. The Bertz CT molecular complexity index is 1360. The summed E-state index contributed by atoms with van der Waals surface area (Å²) in [6.07, 6.45) is 1.57. The zero-order valence-corrected chi connectivity index (χ0v) is 19.8. The summed E-state index contributed by atoms with van der Waals surface area (Å²) in [5.74, 6) is 0.936. The van der Waals surface area contributed by atoms with Crippen LogP contribution in [-0.4, -0.2) is 64.7 Å². The zero-order valence-electron chi connectivity index (χ0n) is 19.1. The molecule has 5 rings (SSSR count). The number of piperazine rings is 1. The number of carbonyl (C=O) groups excluding carboxylic acids is 2. The van der Waals surface area contributed by atoms with Crippen molar-refractivity contribution in [2.75, 3.05) is 33.3 Å². The standard InChI is InChI=1S/C26H23ClN4O4/c1-34-21-8-2-5-18(15-21)25(32)29-10-12-30(13-11-29)26(33)22-17-23(24-9-4-14-35-24)31(28-22)20-7-3-6-19(27)16-20/h2-9,14-17H,10-13H2,1H3. The van der Waals surface area contributed by atoms with Crippen molar-refractivity contribution in [2.45, 2.75) is 0 Å². The van der Waals surface area contributed by atoms with Crippen LogP contribution in [-0.2, 0) is 0 Å². The number of aromatic nitrogens is 2. The van der Waals surface area contributed by atoms with Gasteiger partial charge in [-0.3, -0.25) is 9.59 Å². The number of nitrogens with zero attached hydrogens (tertiary/aromatic N) is 4. The first-order chi connectivity index (χ1) is 17.0. The van der Waals surface area contributed by atoms with Gasteiger partial charge in [0.15, 0.2) is 11.5 Å². The van der Waals surface area contributed by atoms with Gasteiger partial charge in [0.2, 0.25) is 0 Å². The van der Waals surface area contributed by atoms with Gasteiger partial charge in [0.25, 0.3) is 11.8 Å². The van der Waals surface area contributed by atoms with Gasteiger partial charge in [-0.05, 0) is 48.5 Å². The van der Waals surface area contributed by atoms with E-state index in [9.17, 15) is 9.59 Å². The first kappa shape index (κ1) is 22.7. The van der Waals surface area contributed by atoms with Gasteiger partial charge in [0, 0.05) is 42.8 Å². The molecular weight excluding hydrogens is 468 g/mol. The Hall–Kier alpha value is -4.04. The van der Waals surface area contributed by atoms with Gasteiger partial charge in [-0.1, -0.05) is 23.7 Å². The lowest BCUT2D eigenvalue weighted by atomic mass is 10.1. The molecule has 3 heterocycles. The van der Waals surface area contributed by atoms with E-state index in [1.54, 1.807) is 76.4 Å². The molecule has 0 atom stereocenters. The molecule has 2 aromatic carbocycles. The highest BCUT2D eigenvalue weighted by atomic mass is 35.5. The molecule has 0 aliphatic carbocycles. The molecule has 0 saturated carbocycles. The molecule has 1 fully saturated rings. The van der Waals surface area contributed by atoms with Crippen molar-refractivity contribution < 1.29 is 18.7 Å². The lowest BCUT2D eigenvalue weighted by Crippen LogP contribution is -2.50. The van der Waals surface area contributed by atoms with E-state index in [4.69, 9.17) is 20.8 Å². The molecule has 0 radical (unpaired) electrons. The molecule has 1 saturated heterocycles. The van der Waals surface area contributed by atoms with Crippen LogP contribution in [0.4, 0.5) is 0 Å². The molecule has 0 spiro atoms. The normalized spacial score (nSPS) is 13.7. The average molecular weight is 491 g/mol. The van der Waals surface area contributed by atoms with Gasteiger partial charge in [-0.2, -0.15) is 5.10 Å². The highest BCUT2D eigenvalue weighted by molar-refractivity contribution is 6.30. The average Bonchev–Trinajstić information content (AvgIpc) is 3.58. The smallest absolute Gasteiger partial charge is 0.274 e. The van der Waals surface area contributed by atoms with Crippen LogP contribution in [0.25, 0.3) is 17.1 Å². The number of carbonyl (C=O) groups is 2. The SMILES string of the molecule is COc1cccc(C(=O)N2CCN(C(=O)c3cc(-c4ccco4)n(-c4cccc(Cl)c4)n3)CC2)c1. The minimum absolute atomic E-state index is 0.0821. The fourth-order valence-corrected chi connectivity index (χ4v) is 4.29. The summed E-state index contributed by atoms with van der Waals surface area (Å²) in [5, 5.41) is 5.15. The third-order valence-corrected chi connectivity index (χ3v) is 6.16. The molecule has 1 aliphatic rings. The Labute approximate surface area is 207 Å². The van der Waals surface area contributed by atoms with E-state index in [0.29, 0.717) is 59.7 Å². The number of rotatable bonds is 5. The Morgan fingerprint density at radius 2 is 1.66 bits per heavy atom. The Balaban J connectivity index is 1.34. The first-order valence-corrected chi connectivity index (χ1v) is 11.5. The largest absolute Gasteiger partial charge is 0.497 e. The molecule has 0 bridgehead atoms. The minimum Gasteiger partial charge on any atom is -0.497 e. The van der Waals surface area contributed by atoms with Crippen LogP contribution in [0.5, 0.6) is 5.75 Å². The van der Waals surface area contributed by atoms with E-state index < -0.39 is 0 Å². The van der Waals surface area contributed by atoms with Crippen molar-refractivity contribution in [3.63, 3.8) is 0 Å². The molecular formula is C26H23ClN4O4. The molecule has 9 heteroatoms. The van der Waals surface area contributed by atoms with Gasteiger partial charge in [-0.25, -0.2) is 4.68 Å². The lowest BCUT2D eigenvalue weighted by Gasteiger charge is -2.34. The molecule has 8 nitrogen and oxygen atoms in total. The van der Waals surface area contributed by atoms with Gasteiger partial charge in [0.1, 0.15) is 11.4 Å². The van der Waals surface area contributed by atoms with Crippen molar-refractivity contribution in [1.82, 2.24) is 19.6 Å². The van der Waals surface area contributed by atoms with E-state index in [-0.39, 0.29) is 11.8 Å². The zero-order chi connectivity index (χ0) is 24.4. The topological polar surface area (TPSA) is 80.8 Å². The monoisotopic (exact) mass is 490 g/mol. The fourth-order valence-electron chi connectivity index (χ4n) is 4.10. The molecule has 178 valence electrons. The second kappa shape index (κ2) is 9.68. The van der Waals surface area contributed by atoms with Gasteiger partial charge in [0.05, 0.1) is 19.1 Å². The van der Waals surface area contributed by atoms with Crippen LogP contribution in [0.2, 0.25) is 5.02 Å². The predicted molar refractivity (Wildman–Crippen MR) is 131 cm³/mol. The highest BCUT2D eigenvalue weighted by Crippen LogP contribution is 2.26. The molecule has 0 unspecified atom stereocenters. The van der Waals surface area contributed by atoms with E-state index in [0.717, 1.165) is 5.69 Å². The Morgan fingerprint density at radius 1 is 0.914 bits per heavy atom. The predicted octanol–water partition coefficient (Wildman–Crippen LogP) is 4.39. The van der Waals surface area contributed by atoms with Crippen molar-refractivity contribution in [3.05, 3.63) is 89.3 Å². The summed E-state index contributed by atoms with van der Waals surface area (Å²) in [6, 6.07) is 19.6. The number of methoxy groups -OCH3 is 1. The molecule has 1 aliphatic heterocycles. The van der Waals surface area contributed by atoms with Gasteiger partial charge < -0.3 is 19.0 Å². The highest BCUT2D eigenvalue weighted by Gasteiger charge is 2.28. The summed E-state index contributed by atoms with van der Waals surface area (Å²) >= 11 is 6.18. The number of halogens is 1. The van der Waals surface area contributed by atoms with Gasteiger partial charge in [-0.15, -0.1) is 0 Å². The molecule has 4 aromatic rings. The quantitative estimate of drug-likeness (QED) is 0.414. The second-order valence-electron chi connectivity index (χ2n) is 8.10. The van der Waals surface area contributed by atoms with Crippen LogP contribution >= 0.6 is 11.6 Å². The number of hydrogen-bond donors (Lipinski definition) is 0. The maximum Gasteiger partial charge on any atom is 0.274 e. The van der Waals surface area contributed by atoms with Crippen LogP contribution in [0.1, 0.15) is 20.8 Å². The number of benzene rings is 2. The summed E-state index contributed by atoms with van der Waals surface area (Å²) in [4.78, 5) is 29.7. The van der Waals surface area contributed by atoms with Crippen molar-refractivity contribution in [1.29, 1.82) is 0 Å². The van der Waals surface area contributed by atoms with Crippen molar-refractivity contribution >= 4 is 23.4 Å². The van der Waals surface area contributed by atoms with Crippen molar-refractivity contribution in [3.8, 4) is 22.9 Å². The number of amides is 2. The van der Waals surface area contributed by atoms with Gasteiger partial charge >= 0.3 is 0 Å². The van der Waals surface area contributed by atoms with Crippen molar-refractivity contribution in [2.24, 2.45) is 0 Å². The first-order valence-electron chi connectivity index (χ1n) is 11.2. The van der Waals surface area contributed by atoms with E-state index in [2.05, 4.69) is 5.10 Å². The van der Waals surface area contributed by atoms with Crippen LogP contribution in [0, 0.1) is 0 Å². The molecule has 2 amide bonds. The summed E-state index contributed by atoms with van der Waals surface area (Å²) in [6.45, 7) is 1.69. The Morgan fingerprint density at radius 3 is 2.34 bits per heavy atom. The van der Waals surface area contributed by atoms with E-state index in [1.807, 2.05) is 18.2 Å². The fraction of sp³-hybridized carbons (Fsp3) is 0.192. The van der Waals surface area contributed by atoms with E-state index >= 15 is 0 Å².